The molecular formula is C9H26O3SSi3. The highest BCUT2D eigenvalue weighted by Crippen LogP contribution is 2.34. The molecular weight excluding hydrogens is 272 g/mol. The summed E-state index contributed by atoms with van der Waals surface area (Å²) in [5.41, 5.74) is 0. The molecule has 0 spiro atoms. The van der Waals surface area contributed by atoms with Crippen LogP contribution in [-0.2, 0) is 12.3 Å². The van der Waals surface area contributed by atoms with Crippen molar-refractivity contribution in [3.8, 4) is 0 Å². The maximum absolute atomic E-state index is 6.23. The molecule has 0 aliphatic carbocycles. The lowest BCUT2D eigenvalue weighted by atomic mass is 11.0. The SMILES string of the molecule is C[SH](C)CC[Si]1(C)O[Si](C)(C)O[Si](C)(C)O1. The van der Waals surface area contributed by atoms with Crippen molar-refractivity contribution in [2.24, 2.45) is 0 Å². The molecule has 0 amide bonds. The molecule has 1 rings (SSSR count). The summed E-state index contributed by atoms with van der Waals surface area (Å²) in [6.45, 7) is 10.8. The zero-order chi connectivity index (χ0) is 12.6. The van der Waals surface area contributed by atoms with Crippen molar-refractivity contribution in [3.05, 3.63) is 0 Å². The molecule has 0 radical (unpaired) electrons. The highest BCUT2D eigenvalue weighted by molar-refractivity contribution is 8.15. The molecule has 0 aromatic carbocycles. The van der Waals surface area contributed by atoms with Crippen LogP contribution in [-0.4, -0.2) is 43.9 Å². The van der Waals surface area contributed by atoms with E-state index in [1.807, 2.05) is 0 Å². The van der Waals surface area contributed by atoms with E-state index in [1.165, 1.54) is 5.75 Å². The maximum atomic E-state index is 6.23. The van der Waals surface area contributed by atoms with Gasteiger partial charge in [-0.3, -0.25) is 10.9 Å². The van der Waals surface area contributed by atoms with Crippen molar-refractivity contribution >= 4 is 36.6 Å². The van der Waals surface area contributed by atoms with Crippen LogP contribution >= 0.6 is 10.9 Å². The Bertz CT molecular complexity index is 242. The summed E-state index contributed by atoms with van der Waals surface area (Å²) < 4.78 is 18.5. The summed E-state index contributed by atoms with van der Waals surface area (Å²) in [5, 5.41) is 0. The Balaban J connectivity index is 2.71. The van der Waals surface area contributed by atoms with Gasteiger partial charge in [-0.05, 0) is 57.0 Å². The van der Waals surface area contributed by atoms with E-state index in [9.17, 15) is 0 Å². The van der Waals surface area contributed by atoms with E-state index >= 15 is 0 Å². The summed E-state index contributed by atoms with van der Waals surface area (Å²) in [6, 6.07) is 1.13. The van der Waals surface area contributed by atoms with Crippen LogP contribution in [0.3, 0.4) is 0 Å². The van der Waals surface area contributed by atoms with Crippen LogP contribution in [0.1, 0.15) is 0 Å². The smallest absolute Gasteiger partial charge is 0.318 e. The second-order valence-electron chi connectivity index (χ2n) is 5.79. The number of rotatable bonds is 3. The molecule has 0 bridgehead atoms. The highest BCUT2D eigenvalue weighted by atomic mass is 32.2. The average Bonchev–Trinajstić information content (AvgIpc) is 1.93. The Hall–Kier alpha value is 0.881. The van der Waals surface area contributed by atoms with Gasteiger partial charge in [0, 0.05) is 0 Å². The average molecular weight is 299 g/mol. The van der Waals surface area contributed by atoms with Gasteiger partial charge in [0.2, 0.25) is 0 Å². The van der Waals surface area contributed by atoms with Crippen LogP contribution in [0.15, 0.2) is 0 Å². The molecule has 1 aliphatic rings. The van der Waals surface area contributed by atoms with Crippen LogP contribution < -0.4 is 0 Å². The highest BCUT2D eigenvalue weighted by Gasteiger charge is 2.52. The molecule has 0 N–H and O–H groups in total. The van der Waals surface area contributed by atoms with Gasteiger partial charge in [0.05, 0.1) is 0 Å². The van der Waals surface area contributed by atoms with Crippen LogP contribution in [0.5, 0.6) is 0 Å². The van der Waals surface area contributed by atoms with Gasteiger partial charge in [-0.25, -0.2) is 0 Å². The maximum Gasteiger partial charge on any atom is 0.318 e. The first kappa shape index (κ1) is 14.9. The number of hydrogen-bond donors (Lipinski definition) is 1. The molecule has 1 saturated heterocycles. The first-order chi connectivity index (χ1) is 7.04. The molecule has 3 nitrogen and oxygen atoms in total. The second-order valence-corrected chi connectivity index (χ2v) is 19.2. The van der Waals surface area contributed by atoms with E-state index in [2.05, 4.69) is 45.2 Å². The van der Waals surface area contributed by atoms with E-state index in [0.29, 0.717) is 0 Å². The fourth-order valence-corrected chi connectivity index (χ4v) is 21.1. The lowest BCUT2D eigenvalue weighted by Gasteiger charge is -2.48. The van der Waals surface area contributed by atoms with Crippen LogP contribution in [0.2, 0.25) is 38.8 Å². The quantitative estimate of drug-likeness (QED) is 0.641. The van der Waals surface area contributed by atoms with Crippen LogP contribution in [0, 0.1) is 0 Å². The lowest BCUT2D eigenvalue weighted by molar-refractivity contribution is 0.233. The minimum absolute atomic E-state index is 0.146. The van der Waals surface area contributed by atoms with Crippen LogP contribution in [0.4, 0.5) is 0 Å². The molecule has 98 valence electrons. The molecule has 0 unspecified atom stereocenters. The van der Waals surface area contributed by atoms with E-state index in [0.717, 1.165) is 6.04 Å². The minimum Gasteiger partial charge on any atom is -0.416 e. The summed E-state index contributed by atoms with van der Waals surface area (Å²) >= 11 is 0. The molecule has 1 aliphatic heterocycles. The minimum atomic E-state index is -1.96. The second kappa shape index (κ2) is 4.87. The van der Waals surface area contributed by atoms with Gasteiger partial charge in [0.25, 0.3) is 0 Å². The van der Waals surface area contributed by atoms with Gasteiger partial charge in [-0.2, -0.15) is 0 Å². The molecule has 7 heteroatoms. The fourth-order valence-electron chi connectivity index (χ4n) is 2.22. The topological polar surface area (TPSA) is 27.7 Å². The molecule has 0 atom stereocenters. The third-order valence-electron chi connectivity index (χ3n) is 2.43. The van der Waals surface area contributed by atoms with Crippen LogP contribution in [0.25, 0.3) is 0 Å². The Labute approximate surface area is 106 Å². The first-order valence-electron chi connectivity index (χ1n) is 5.79. The fraction of sp³-hybridized carbons (Fsp3) is 1.00. The summed E-state index contributed by atoms with van der Waals surface area (Å²) in [7, 11) is -5.66. The van der Waals surface area contributed by atoms with Gasteiger partial charge in [0.15, 0.2) is 0 Å². The Morgan fingerprint density at radius 2 is 1.25 bits per heavy atom. The van der Waals surface area contributed by atoms with E-state index in [1.54, 1.807) is 0 Å². The normalized spacial score (nSPS) is 27.6. The molecule has 16 heavy (non-hydrogen) atoms. The van der Waals surface area contributed by atoms with E-state index in [-0.39, 0.29) is 10.9 Å². The molecule has 0 aromatic heterocycles. The first-order valence-corrected chi connectivity index (χ1v) is 16.4. The molecule has 0 aromatic rings. The van der Waals surface area contributed by atoms with Crippen molar-refractivity contribution < 1.29 is 12.3 Å². The predicted octanol–water partition coefficient (Wildman–Crippen LogP) is 2.79. The number of thiol groups is 1. The molecule has 1 fully saturated rings. The third kappa shape index (κ3) is 4.63. The summed E-state index contributed by atoms with van der Waals surface area (Å²) in [6.07, 6.45) is 4.63. The van der Waals surface area contributed by atoms with E-state index < -0.39 is 25.7 Å². The summed E-state index contributed by atoms with van der Waals surface area (Å²) in [5.74, 6) is 1.26. The zero-order valence-corrected chi connectivity index (χ0v) is 15.5. The van der Waals surface area contributed by atoms with Crippen molar-refractivity contribution in [3.63, 3.8) is 0 Å². The van der Waals surface area contributed by atoms with Crippen molar-refractivity contribution in [1.82, 2.24) is 0 Å². The van der Waals surface area contributed by atoms with Gasteiger partial charge in [-0.1, -0.05) is 0 Å². The standard InChI is InChI=1S/C9H26O3SSi3/c1-13(2)8-9-16(7)11-14(3,4)10-15(5,6)12-16/h13H,8-9H2,1-7H3. The van der Waals surface area contributed by atoms with Crippen molar-refractivity contribution in [1.29, 1.82) is 0 Å². The Morgan fingerprint density at radius 1 is 0.812 bits per heavy atom. The van der Waals surface area contributed by atoms with Gasteiger partial charge >= 0.3 is 25.7 Å². The van der Waals surface area contributed by atoms with Gasteiger partial charge in [-0.15, -0.1) is 0 Å². The zero-order valence-electron chi connectivity index (χ0n) is 11.6. The predicted molar refractivity (Wildman–Crippen MR) is 80.3 cm³/mol. The monoisotopic (exact) mass is 298 g/mol. The van der Waals surface area contributed by atoms with Gasteiger partial charge in [0.1, 0.15) is 0 Å². The molecule has 1 heterocycles. The largest absolute Gasteiger partial charge is 0.416 e. The van der Waals surface area contributed by atoms with Gasteiger partial charge < -0.3 is 12.3 Å². The number of hydrogen-bond acceptors (Lipinski definition) is 3. The lowest BCUT2D eigenvalue weighted by Crippen LogP contribution is -2.65. The van der Waals surface area contributed by atoms with Crippen molar-refractivity contribution in [2.45, 2.75) is 38.8 Å². The molecule has 0 saturated carbocycles. The van der Waals surface area contributed by atoms with E-state index in [4.69, 9.17) is 12.3 Å². The third-order valence-corrected chi connectivity index (χ3v) is 16.4. The summed E-state index contributed by atoms with van der Waals surface area (Å²) in [4.78, 5) is 0. The van der Waals surface area contributed by atoms with Crippen molar-refractivity contribution in [2.75, 3.05) is 18.3 Å². The Morgan fingerprint density at radius 3 is 1.62 bits per heavy atom. The Kier molecular flexibility index (Phi) is 4.54.